The van der Waals surface area contributed by atoms with E-state index in [1.54, 1.807) is 0 Å². The van der Waals surface area contributed by atoms with Crippen LogP contribution >= 0.6 is 0 Å². The van der Waals surface area contributed by atoms with Crippen LogP contribution in [0.3, 0.4) is 0 Å². The van der Waals surface area contributed by atoms with E-state index in [0.717, 1.165) is 12.0 Å². The Morgan fingerprint density at radius 2 is 1.92 bits per heavy atom. The van der Waals surface area contributed by atoms with E-state index in [9.17, 15) is 0 Å². The third-order valence-corrected chi connectivity index (χ3v) is 2.59. The van der Waals surface area contributed by atoms with Crippen molar-refractivity contribution in [1.82, 2.24) is 4.90 Å². The van der Waals surface area contributed by atoms with Gasteiger partial charge in [0.2, 0.25) is 0 Å². The standard InChI is InChI=1S/C9H19N.C2H6/c1-4-10-7-5-6-9(10)8(2)3;1-2/h8-9H,4-7H2,1-3H3;1-2H3/t9-;/m1./s1. The minimum Gasteiger partial charge on any atom is -0.300 e. The lowest BCUT2D eigenvalue weighted by atomic mass is 10.0. The van der Waals surface area contributed by atoms with Crippen LogP contribution in [0.15, 0.2) is 0 Å². The maximum atomic E-state index is 2.60. The summed E-state index contributed by atoms with van der Waals surface area (Å²) in [5.74, 6) is 0.849. The third-order valence-electron chi connectivity index (χ3n) is 2.59. The summed E-state index contributed by atoms with van der Waals surface area (Å²) in [5, 5.41) is 0. The summed E-state index contributed by atoms with van der Waals surface area (Å²) >= 11 is 0. The Balaban J connectivity index is 0.000000561. The molecule has 0 aromatic carbocycles. The zero-order chi connectivity index (χ0) is 9.56. The van der Waals surface area contributed by atoms with Crippen LogP contribution in [0.1, 0.15) is 47.5 Å². The van der Waals surface area contributed by atoms with Gasteiger partial charge in [0.1, 0.15) is 0 Å². The summed E-state index contributed by atoms with van der Waals surface area (Å²) in [6, 6.07) is 0.880. The van der Waals surface area contributed by atoms with Crippen LogP contribution in [0.5, 0.6) is 0 Å². The molecule has 12 heavy (non-hydrogen) atoms. The fourth-order valence-corrected chi connectivity index (χ4v) is 2.00. The van der Waals surface area contributed by atoms with E-state index < -0.39 is 0 Å². The predicted molar refractivity (Wildman–Crippen MR) is 56.5 cm³/mol. The topological polar surface area (TPSA) is 3.24 Å². The van der Waals surface area contributed by atoms with Gasteiger partial charge in [0.25, 0.3) is 0 Å². The minimum absolute atomic E-state index is 0.849. The predicted octanol–water partition coefficient (Wildman–Crippen LogP) is 3.15. The molecule has 1 heteroatoms. The van der Waals surface area contributed by atoms with Crippen LogP contribution in [0.4, 0.5) is 0 Å². The van der Waals surface area contributed by atoms with E-state index in [2.05, 4.69) is 25.7 Å². The monoisotopic (exact) mass is 171 g/mol. The van der Waals surface area contributed by atoms with Gasteiger partial charge in [-0.3, -0.25) is 0 Å². The Hall–Kier alpha value is -0.0400. The molecule has 1 atom stereocenters. The van der Waals surface area contributed by atoms with Gasteiger partial charge >= 0.3 is 0 Å². The van der Waals surface area contributed by atoms with Crippen LogP contribution in [0.2, 0.25) is 0 Å². The Labute approximate surface area is 78.1 Å². The van der Waals surface area contributed by atoms with Gasteiger partial charge < -0.3 is 4.90 Å². The van der Waals surface area contributed by atoms with Gasteiger partial charge in [-0.05, 0) is 31.8 Å². The fraction of sp³-hybridized carbons (Fsp3) is 1.00. The molecular formula is C11H25N. The molecule has 74 valence electrons. The van der Waals surface area contributed by atoms with Gasteiger partial charge in [0.05, 0.1) is 0 Å². The number of hydrogen-bond acceptors (Lipinski definition) is 1. The molecule has 0 saturated carbocycles. The Morgan fingerprint density at radius 3 is 2.25 bits per heavy atom. The molecule has 0 spiro atoms. The number of rotatable bonds is 2. The maximum Gasteiger partial charge on any atom is 0.0119 e. The summed E-state index contributed by atoms with van der Waals surface area (Å²) in [4.78, 5) is 2.60. The molecular weight excluding hydrogens is 146 g/mol. The highest BCUT2D eigenvalue weighted by atomic mass is 15.2. The van der Waals surface area contributed by atoms with Crippen molar-refractivity contribution in [1.29, 1.82) is 0 Å². The van der Waals surface area contributed by atoms with Crippen molar-refractivity contribution < 1.29 is 0 Å². The van der Waals surface area contributed by atoms with Crippen LogP contribution in [0.25, 0.3) is 0 Å². The van der Waals surface area contributed by atoms with Crippen LogP contribution in [-0.4, -0.2) is 24.0 Å². The highest BCUT2D eigenvalue weighted by Gasteiger charge is 2.24. The van der Waals surface area contributed by atoms with Gasteiger partial charge in [-0.25, -0.2) is 0 Å². The fourth-order valence-electron chi connectivity index (χ4n) is 2.00. The van der Waals surface area contributed by atoms with Crippen LogP contribution < -0.4 is 0 Å². The number of likely N-dealkylation sites (tertiary alicyclic amines) is 1. The Bertz CT molecular complexity index is 99.2. The van der Waals surface area contributed by atoms with Crippen molar-refractivity contribution in [2.45, 2.75) is 53.5 Å². The lowest BCUT2D eigenvalue weighted by Crippen LogP contribution is -2.32. The van der Waals surface area contributed by atoms with E-state index >= 15 is 0 Å². The van der Waals surface area contributed by atoms with Crippen molar-refractivity contribution in [3.05, 3.63) is 0 Å². The Morgan fingerprint density at radius 1 is 1.33 bits per heavy atom. The van der Waals surface area contributed by atoms with E-state index in [0.29, 0.717) is 0 Å². The molecule has 1 saturated heterocycles. The van der Waals surface area contributed by atoms with Crippen molar-refractivity contribution >= 4 is 0 Å². The normalized spacial score (nSPS) is 24.0. The first-order valence-electron chi connectivity index (χ1n) is 5.49. The molecule has 0 aromatic heterocycles. The first-order chi connectivity index (χ1) is 5.75. The summed E-state index contributed by atoms with van der Waals surface area (Å²) in [7, 11) is 0. The van der Waals surface area contributed by atoms with Crippen LogP contribution in [-0.2, 0) is 0 Å². The lowest BCUT2D eigenvalue weighted by Gasteiger charge is -2.25. The molecule has 0 N–H and O–H groups in total. The van der Waals surface area contributed by atoms with E-state index in [-0.39, 0.29) is 0 Å². The van der Waals surface area contributed by atoms with Gasteiger partial charge in [-0.15, -0.1) is 0 Å². The second-order valence-electron chi connectivity index (χ2n) is 3.58. The van der Waals surface area contributed by atoms with E-state index in [4.69, 9.17) is 0 Å². The first-order valence-corrected chi connectivity index (χ1v) is 5.49. The molecule has 0 amide bonds. The van der Waals surface area contributed by atoms with E-state index in [1.165, 1.54) is 25.9 Å². The molecule has 1 heterocycles. The molecule has 1 aliphatic rings. The molecule has 0 aromatic rings. The third kappa shape index (κ3) is 3.14. The number of nitrogens with zero attached hydrogens (tertiary/aromatic N) is 1. The van der Waals surface area contributed by atoms with Crippen molar-refractivity contribution in [2.75, 3.05) is 13.1 Å². The second kappa shape index (κ2) is 6.47. The van der Waals surface area contributed by atoms with Crippen LogP contribution in [0, 0.1) is 5.92 Å². The van der Waals surface area contributed by atoms with Gasteiger partial charge in [0.15, 0.2) is 0 Å². The first kappa shape index (κ1) is 12.0. The quantitative estimate of drug-likeness (QED) is 0.617. The SMILES string of the molecule is CC.CCN1CCC[C@@H]1C(C)C. The molecule has 1 fully saturated rings. The summed E-state index contributed by atoms with van der Waals surface area (Å²) < 4.78 is 0. The molecule has 0 aliphatic carbocycles. The maximum absolute atomic E-state index is 2.60. The molecule has 0 radical (unpaired) electrons. The van der Waals surface area contributed by atoms with Crippen molar-refractivity contribution in [3.8, 4) is 0 Å². The molecule has 1 aliphatic heterocycles. The average molecular weight is 171 g/mol. The highest BCUT2D eigenvalue weighted by Crippen LogP contribution is 2.22. The van der Waals surface area contributed by atoms with E-state index in [1.807, 2.05) is 13.8 Å². The largest absolute Gasteiger partial charge is 0.300 e. The zero-order valence-corrected chi connectivity index (χ0v) is 9.43. The molecule has 1 nitrogen and oxygen atoms in total. The highest BCUT2D eigenvalue weighted by molar-refractivity contribution is 4.80. The lowest BCUT2D eigenvalue weighted by molar-refractivity contribution is 0.217. The van der Waals surface area contributed by atoms with Gasteiger partial charge in [-0.1, -0.05) is 34.6 Å². The second-order valence-corrected chi connectivity index (χ2v) is 3.58. The van der Waals surface area contributed by atoms with Gasteiger partial charge in [-0.2, -0.15) is 0 Å². The molecule has 0 bridgehead atoms. The van der Waals surface area contributed by atoms with Gasteiger partial charge in [0, 0.05) is 6.04 Å². The summed E-state index contributed by atoms with van der Waals surface area (Å²) in [5.41, 5.74) is 0. The summed E-state index contributed by atoms with van der Waals surface area (Å²) in [6.07, 6.45) is 2.84. The van der Waals surface area contributed by atoms with Crippen molar-refractivity contribution in [3.63, 3.8) is 0 Å². The number of hydrogen-bond donors (Lipinski definition) is 0. The summed E-state index contributed by atoms with van der Waals surface area (Å²) in [6.45, 7) is 13.5. The minimum atomic E-state index is 0.849. The molecule has 1 rings (SSSR count). The Kier molecular flexibility index (Phi) is 6.45. The van der Waals surface area contributed by atoms with Crippen molar-refractivity contribution in [2.24, 2.45) is 5.92 Å². The average Bonchev–Trinajstić information content (AvgIpc) is 2.55. The smallest absolute Gasteiger partial charge is 0.0119 e. The molecule has 0 unspecified atom stereocenters. The zero-order valence-electron chi connectivity index (χ0n) is 9.43.